The SMILES string of the molecule is CCCCCCCCCCCCCCCCCCCCCCCC(O)NC(CO)C(O)C(O)CCCCCCCCCCCCCC. The summed E-state index contributed by atoms with van der Waals surface area (Å²) in [6.45, 7) is 4.25. The quantitative estimate of drug-likeness (QED) is 0.0331. The van der Waals surface area contributed by atoms with Crippen LogP contribution in [0.1, 0.15) is 239 Å². The molecule has 0 saturated carbocycles. The number of aliphatic hydroxyl groups is 4. The van der Waals surface area contributed by atoms with E-state index in [9.17, 15) is 20.4 Å². The van der Waals surface area contributed by atoms with E-state index in [0.717, 1.165) is 25.7 Å². The van der Waals surface area contributed by atoms with Gasteiger partial charge < -0.3 is 20.4 Å². The van der Waals surface area contributed by atoms with Crippen LogP contribution in [0, 0.1) is 0 Å². The topological polar surface area (TPSA) is 93.0 Å². The fourth-order valence-electron chi connectivity index (χ4n) is 6.99. The maximum absolute atomic E-state index is 10.6. The van der Waals surface area contributed by atoms with Crippen LogP contribution in [0.5, 0.6) is 0 Å². The fraction of sp³-hybridized carbons (Fsp3) is 1.00. The molecule has 47 heavy (non-hydrogen) atoms. The second-order valence-electron chi connectivity index (χ2n) is 15.1. The molecule has 5 N–H and O–H groups in total. The zero-order valence-electron chi connectivity index (χ0n) is 32.1. The average molecular weight is 670 g/mol. The highest BCUT2D eigenvalue weighted by Gasteiger charge is 2.27. The largest absolute Gasteiger partial charge is 0.395 e. The summed E-state index contributed by atoms with van der Waals surface area (Å²) in [5.41, 5.74) is 0. The lowest BCUT2D eigenvalue weighted by Crippen LogP contribution is -2.52. The molecule has 4 unspecified atom stereocenters. The Balaban J connectivity index is 3.55. The van der Waals surface area contributed by atoms with E-state index in [1.54, 1.807) is 0 Å². The standard InChI is InChI=1S/C42H87NO4/c1-3-5-7-9-11-13-15-17-18-19-20-21-22-23-24-25-27-29-31-33-35-37-41(46)43-39(38-44)42(47)40(45)36-34-32-30-28-26-16-14-12-10-8-6-4-2/h39-47H,3-38H2,1-2H3. The Morgan fingerprint density at radius 1 is 0.362 bits per heavy atom. The lowest BCUT2D eigenvalue weighted by Gasteiger charge is -2.28. The first-order valence-electron chi connectivity index (χ1n) is 21.5. The molecule has 0 aromatic rings. The van der Waals surface area contributed by atoms with Gasteiger partial charge in [-0.3, -0.25) is 5.32 Å². The third kappa shape index (κ3) is 34.0. The van der Waals surface area contributed by atoms with E-state index in [-0.39, 0.29) is 6.61 Å². The van der Waals surface area contributed by atoms with E-state index in [4.69, 9.17) is 0 Å². The molecule has 5 nitrogen and oxygen atoms in total. The lowest BCUT2D eigenvalue weighted by atomic mass is 9.99. The second-order valence-corrected chi connectivity index (χ2v) is 15.1. The van der Waals surface area contributed by atoms with Crippen LogP contribution in [-0.2, 0) is 0 Å². The van der Waals surface area contributed by atoms with Crippen molar-refractivity contribution < 1.29 is 20.4 Å². The van der Waals surface area contributed by atoms with Gasteiger partial charge in [-0.1, -0.05) is 219 Å². The Morgan fingerprint density at radius 2 is 0.617 bits per heavy atom. The molecule has 284 valence electrons. The molecule has 0 spiro atoms. The molecule has 0 aliphatic rings. The fourth-order valence-corrected chi connectivity index (χ4v) is 6.99. The second kappa shape index (κ2) is 38.6. The highest BCUT2D eigenvalue weighted by molar-refractivity contribution is 4.82. The monoisotopic (exact) mass is 670 g/mol. The van der Waals surface area contributed by atoms with Gasteiger partial charge in [-0.2, -0.15) is 0 Å². The molecule has 0 aliphatic heterocycles. The molecule has 0 aromatic heterocycles. The first kappa shape index (κ1) is 46.8. The van der Waals surface area contributed by atoms with Crippen molar-refractivity contribution in [3.05, 3.63) is 0 Å². The van der Waals surface area contributed by atoms with Gasteiger partial charge in [-0.25, -0.2) is 0 Å². The van der Waals surface area contributed by atoms with Crippen LogP contribution in [-0.4, -0.2) is 51.5 Å². The maximum Gasteiger partial charge on any atom is 0.105 e. The highest BCUT2D eigenvalue weighted by Crippen LogP contribution is 2.17. The molecule has 5 heteroatoms. The Hall–Kier alpha value is -0.200. The predicted octanol–water partition coefficient (Wildman–Crippen LogP) is 11.7. The molecular weight excluding hydrogens is 582 g/mol. The minimum atomic E-state index is -1.07. The van der Waals surface area contributed by atoms with Crippen LogP contribution in [0.2, 0.25) is 0 Å². The van der Waals surface area contributed by atoms with Crippen molar-refractivity contribution in [2.75, 3.05) is 6.61 Å². The predicted molar refractivity (Wildman–Crippen MR) is 205 cm³/mol. The molecule has 0 aliphatic carbocycles. The first-order chi connectivity index (χ1) is 23.1. The van der Waals surface area contributed by atoms with Crippen molar-refractivity contribution in [3.63, 3.8) is 0 Å². The lowest BCUT2D eigenvalue weighted by molar-refractivity contribution is -0.0369. The van der Waals surface area contributed by atoms with Gasteiger partial charge in [-0.05, 0) is 19.3 Å². The van der Waals surface area contributed by atoms with E-state index in [0.29, 0.717) is 12.8 Å². The summed E-state index contributed by atoms with van der Waals surface area (Å²) >= 11 is 0. The van der Waals surface area contributed by atoms with Gasteiger partial charge in [-0.15, -0.1) is 0 Å². The van der Waals surface area contributed by atoms with E-state index >= 15 is 0 Å². The number of rotatable bonds is 40. The summed E-state index contributed by atoms with van der Waals surface area (Å²) in [7, 11) is 0. The van der Waals surface area contributed by atoms with Gasteiger partial charge in [0.2, 0.25) is 0 Å². The Kier molecular flexibility index (Phi) is 38.4. The summed E-state index contributed by atoms with van der Waals surface area (Å²) in [5, 5.41) is 44.2. The van der Waals surface area contributed by atoms with E-state index in [2.05, 4.69) is 19.2 Å². The van der Waals surface area contributed by atoms with E-state index in [1.165, 1.54) is 186 Å². The molecule has 0 amide bonds. The molecule has 0 fully saturated rings. The normalized spacial score (nSPS) is 14.4. The molecule has 0 bridgehead atoms. The summed E-state index contributed by atoms with van der Waals surface area (Å²) in [5.74, 6) is 0. The Bertz CT molecular complexity index is 577. The molecular formula is C42H87NO4. The average Bonchev–Trinajstić information content (AvgIpc) is 3.07. The van der Waals surface area contributed by atoms with Crippen LogP contribution in [0.4, 0.5) is 0 Å². The summed E-state index contributed by atoms with van der Waals surface area (Å²) in [6.07, 6.45) is 42.1. The number of aliphatic hydroxyl groups excluding tert-OH is 4. The van der Waals surface area contributed by atoms with Gasteiger partial charge in [0.05, 0.1) is 24.9 Å². The van der Waals surface area contributed by atoms with Crippen LogP contribution in [0.3, 0.4) is 0 Å². The van der Waals surface area contributed by atoms with Gasteiger partial charge >= 0.3 is 0 Å². The van der Waals surface area contributed by atoms with Gasteiger partial charge in [0.25, 0.3) is 0 Å². The number of hydrogen-bond donors (Lipinski definition) is 5. The number of nitrogens with one attached hydrogen (secondary N) is 1. The number of hydrogen-bond acceptors (Lipinski definition) is 5. The van der Waals surface area contributed by atoms with Crippen molar-refractivity contribution in [3.8, 4) is 0 Å². The van der Waals surface area contributed by atoms with Gasteiger partial charge in [0.15, 0.2) is 0 Å². The summed E-state index contributed by atoms with van der Waals surface area (Å²) < 4.78 is 0. The van der Waals surface area contributed by atoms with E-state index < -0.39 is 24.5 Å². The molecule has 0 heterocycles. The number of unbranched alkanes of at least 4 members (excludes halogenated alkanes) is 31. The molecule has 4 atom stereocenters. The van der Waals surface area contributed by atoms with E-state index in [1.807, 2.05) is 0 Å². The van der Waals surface area contributed by atoms with Crippen molar-refractivity contribution in [1.29, 1.82) is 0 Å². The van der Waals surface area contributed by atoms with Crippen LogP contribution in [0.25, 0.3) is 0 Å². The zero-order chi connectivity index (χ0) is 34.5. The molecule has 0 rings (SSSR count). The molecule has 0 radical (unpaired) electrons. The van der Waals surface area contributed by atoms with Crippen molar-refractivity contribution in [2.24, 2.45) is 0 Å². The summed E-state index contributed by atoms with van der Waals surface area (Å²) in [4.78, 5) is 0. The third-order valence-corrected chi connectivity index (χ3v) is 10.3. The van der Waals surface area contributed by atoms with Crippen LogP contribution in [0.15, 0.2) is 0 Å². The Labute approximate surface area is 294 Å². The van der Waals surface area contributed by atoms with Gasteiger partial charge in [0.1, 0.15) is 6.23 Å². The summed E-state index contributed by atoms with van der Waals surface area (Å²) in [6, 6.07) is -0.702. The molecule has 0 aromatic carbocycles. The smallest absolute Gasteiger partial charge is 0.105 e. The third-order valence-electron chi connectivity index (χ3n) is 10.3. The zero-order valence-corrected chi connectivity index (χ0v) is 32.1. The minimum Gasteiger partial charge on any atom is -0.395 e. The van der Waals surface area contributed by atoms with Crippen LogP contribution >= 0.6 is 0 Å². The highest BCUT2D eigenvalue weighted by atomic mass is 16.3. The van der Waals surface area contributed by atoms with Crippen LogP contribution < -0.4 is 5.32 Å². The van der Waals surface area contributed by atoms with Crippen molar-refractivity contribution in [1.82, 2.24) is 5.32 Å². The van der Waals surface area contributed by atoms with Crippen molar-refractivity contribution >= 4 is 0 Å². The first-order valence-corrected chi connectivity index (χ1v) is 21.5. The van der Waals surface area contributed by atoms with Gasteiger partial charge in [0, 0.05) is 0 Å². The Morgan fingerprint density at radius 3 is 0.894 bits per heavy atom. The van der Waals surface area contributed by atoms with Crippen molar-refractivity contribution in [2.45, 2.75) is 263 Å². The minimum absolute atomic E-state index is 0.299. The molecule has 0 saturated heterocycles. The maximum atomic E-state index is 10.6.